The molecule has 0 saturated heterocycles. The first-order valence-corrected chi connectivity index (χ1v) is 4.90. The molecular weight excluding hydrogens is 188 g/mol. The maximum atomic E-state index is 10.8. The number of hydrogen-bond donors (Lipinski definition) is 2. The highest BCUT2D eigenvalue weighted by Gasteiger charge is 2.16. The molecule has 70 valence electrons. The van der Waals surface area contributed by atoms with Gasteiger partial charge in [0.25, 0.3) is 0 Å². The lowest BCUT2D eigenvalue weighted by Crippen LogP contribution is -2.00. The molecule has 0 heterocycles. The first-order valence-electron chi connectivity index (χ1n) is 3.67. The van der Waals surface area contributed by atoms with Crippen molar-refractivity contribution in [3.8, 4) is 5.75 Å². The molecule has 3 nitrogen and oxygen atoms in total. The number of thioether (sulfide) groups is 1. The summed E-state index contributed by atoms with van der Waals surface area (Å²) in [6.45, 7) is 1.67. The number of aryl methyl sites for hydroxylation is 1. The SMILES string of the molecule is CSc1ccc(C)c(O)c1C(=O)O. The van der Waals surface area contributed by atoms with Gasteiger partial charge in [-0.2, -0.15) is 0 Å². The van der Waals surface area contributed by atoms with Crippen molar-refractivity contribution in [2.24, 2.45) is 0 Å². The zero-order valence-electron chi connectivity index (χ0n) is 7.37. The van der Waals surface area contributed by atoms with Crippen LogP contribution in [0.1, 0.15) is 15.9 Å². The van der Waals surface area contributed by atoms with Gasteiger partial charge in [0, 0.05) is 4.90 Å². The van der Waals surface area contributed by atoms with E-state index in [9.17, 15) is 9.90 Å². The average Bonchev–Trinajstić information content (AvgIpc) is 2.08. The Balaban J connectivity index is 3.41. The summed E-state index contributed by atoms with van der Waals surface area (Å²) in [5.41, 5.74) is 0.572. The van der Waals surface area contributed by atoms with Gasteiger partial charge in [0.05, 0.1) is 0 Å². The molecule has 0 radical (unpaired) electrons. The summed E-state index contributed by atoms with van der Waals surface area (Å²) < 4.78 is 0. The van der Waals surface area contributed by atoms with E-state index in [-0.39, 0.29) is 11.3 Å². The zero-order valence-corrected chi connectivity index (χ0v) is 8.18. The van der Waals surface area contributed by atoms with Crippen LogP contribution >= 0.6 is 11.8 Å². The first kappa shape index (κ1) is 9.92. The van der Waals surface area contributed by atoms with E-state index in [1.165, 1.54) is 11.8 Å². The van der Waals surface area contributed by atoms with Gasteiger partial charge < -0.3 is 10.2 Å². The van der Waals surface area contributed by atoms with Crippen LogP contribution in [0.2, 0.25) is 0 Å². The van der Waals surface area contributed by atoms with E-state index < -0.39 is 5.97 Å². The number of aromatic hydroxyl groups is 1. The summed E-state index contributed by atoms with van der Waals surface area (Å²) in [6.07, 6.45) is 1.77. The van der Waals surface area contributed by atoms with Gasteiger partial charge in [-0.15, -0.1) is 11.8 Å². The second-order valence-corrected chi connectivity index (χ2v) is 3.46. The molecule has 0 aromatic heterocycles. The number of carboxylic acid groups (broad SMARTS) is 1. The lowest BCUT2D eigenvalue weighted by atomic mass is 10.1. The number of carbonyl (C=O) groups is 1. The van der Waals surface area contributed by atoms with Gasteiger partial charge in [-0.3, -0.25) is 0 Å². The summed E-state index contributed by atoms with van der Waals surface area (Å²) in [4.78, 5) is 11.4. The van der Waals surface area contributed by atoms with Crippen LogP contribution in [-0.4, -0.2) is 22.4 Å². The van der Waals surface area contributed by atoms with Crippen LogP contribution in [-0.2, 0) is 0 Å². The van der Waals surface area contributed by atoms with Gasteiger partial charge in [0.2, 0.25) is 0 Å². The second-order valence-electron chi connectivity index (χ2n) is 2.61. The number of phenols is 1. The molecule has 0 unspecified atom stereocenters. The van der Waals surface area contributed by atoms with Gasteiger partial charge in [0.15, 0.2) is 0 Å². The van der Waals surface area contributed by atoms with Crippen molar-refractivity contribution in [1.82, 2.24) is 0 Å². The fourth-order valence-corrected chi connectivity index (χ4v) is 1.65. The Kier molecular flexibility index (Phi) is 2.83. The summed E-state index contributed by atoms with van der Waals surface area (Å²) in [5.74, 6) is -1.23. The quantitative estimate of drug-likeness (QED) is 0.715. The van der Waals surface area contributed by atoms with Crippen LogP contribution in [0.25, 0.3) is 0 Å². The minimum Gasteiger partial charge on any atom is -0.507 e. The number of aromatic carboxylic acids is 1. The molecule has 1 aromatic rings. The van der Waals surface area contributed by atoms with Crippen molar-refractivity contribution < 1.29 is 15.0 Å². The van der Waals surface area contributed by atoms with E-state index in [4.69, 9.17) is 5.11 Å². The monoisotopic (exact) mass is 198 g/mol. The molecule has 0 fully saturated rings. The topological polar surface area (TPSA) is 57.5 Å². The van der Waals surface area contributed by atoms with Crippen LogP contribution in [0.5, 0.6) is 5.75 Å². The third-order valence-corrected chi connectivity index (χ3v) is 2.56. The third kappa shape index (κ3) is 1.78. The minimum atomic E-state index is -1.09. The van der Waals surface area contributed by atoms with Crippen LogP contribution in [0.4, 0.5) is 0 Å². The first-order chi connectivity index (χ1) is 6.07. The summed E-state index contributed by atoms with van der Waals surface area (Å²) in [6, 6.07) is 3.40. The van der Waals surface area contributed by atoms with Gasteiger partial charge in [0.1, 0.15) is 11.3 Å². The van der Waals surface area contributed by atoms with Gasteiger partial charge in [-0.1, -0.05) is 6.07 Å². The van der Waals surface area contributed by atoms with E-state index in [0.717, 1.165) is 0 Å². The predicted molar refractivity (Wildman–Crippen MR) is 51.6 cm³/mol. The van der Waals surface area contributed by atoms with Crippen molar-refractivity contribution in [3.05, 3.63) is 23.3 Å². The molecule has 1 rings (SSSR count). The lowest BCUT2D eigenvalue weighted by Gasteiger charge is -2.07. The number of hydrogen-bond acceptors (Lipinski definition) is 3. The molecule has 0 aliphatic carbocycles. The molecule has 0 saturated carbocycles. The van der Waals surface area contributed by atoms with E-state index >= 15 is 0 Å². The fraction of sp³-hybridized carbons (Fsp3) is 0.222. The smallest absolute Gasteiger partial charge is 0.340 e. The molecule has 1 aromatic carbocycles. The Bertz CT molecular complexity index is 347. The average molecular weight is 198 g/mol. The number of carboxylic acids is 1. The molecule has 0 atom stereocenters. The highest BCUT2D eigenvalue weighted by atomic mass is 32.2. The maximum absolute atomic E-state index is 10.8. The van der Waals surface area contributed by atoms with Gasteiger partial charge in [-0.05, 0) is 24.8 Å². The summed E-state index contributed by atoms with van der Waals surface area (Å²) >= 11 is 1.31. The van der Waals surface area contributed by atoms with Crippen molar-refractivity contribution >= 4 is 17.7 Å². The van der Waals surface area contributed by atoms with Crippen LogP contribution < -0.4 is 0 Å². The highest BCUT2D eigenvalue weighted by molar-refractivity contribution is 7.98. The minimum absolute atomic E-state index is 0.00694. The summed E-state index contributed by atoms with van der Waals surface area (Å²) in [5, 5.41) is 18.3. The Morgan fingerprint density at radius 1 is 1.46 bits per heavy atom. The summed E-state index contributed by atoms with van der Waals surface area (Å²) in [7, 11) is 0. The Hall–Kier alpha value is -1.16. The predicted octanol–water partition coefficient (Wildman–Crippen LogP) is 2.12. The standard InChI is InChI=1S/C9H10O3S/c1-5-3-4-6(13-2)7(8(5)10)9(11)12/h3-4,10H,1-2H3,(H,11,12). The molecule has 0 spiro atoms. The molecule has 13 heavy (non-hydrogen) atoms. The van der Waals surface area contributed by atoms with Crippen LogP contribution in [0.15, 0.2) is 17.0 Å². The van der Waals surface area contributed by atoms with Gasteiger partial charge in [-0.25, -0.2) is 4.79 Å². The van der Waals surface area contributed by atoms with E-state index in [1.807, 2.05) is 0 Å². The van der Waals surface area contributed by atoms with Crippen molar-refractivity contribution in [2.75, 3.05) is 6.26 Å². The van der Waals surface area contributed by atoms with E-state index in [1.54, 1.807) is 25.3 Å². The Labute approximate surface area is 80.4 Å². The number of benzene rings is 1. The normalized spacial score (nSPS) is 10.0. The van der Waals surface area contributed by atoms with Crippen molar-refractivity contribution in [2.45, 2.75) is 11.8 Å². The molecular formula is C9H10O3S. The number of rotatable bonds is 2. The van der Waals surface area contributed by atoms with E-state index in [0.29, 0.717) is 10.5 Å². The Morgan fingerprint density at radius 2 is 2.08 bits per heavy atom. The molecule has 0 aliphatic rings. The van der Waals surface area contributed by atoms with Crippen LogP contribution in [0, 0.1) is 6.92 Å². The van der Waals surface area contributed by atoms with Gasteiger partial charge >= 0.3 is 5.97 Å². The molecule has 0 bridgehead atoms. The molecule has 4 heteroatoms. The maximum Gasteiger partial charge on any atom is 0.340 e. The van der Waals surface area contributed by atoms with Crippen molar-refractivity contribution in [3.63, 3.8) is 0 Å². The Morgan fingerprint density at radius 3 is 2.54 bits per heavy atom. The zero-order chi connectivity index (χ0) is 10.0. The molecule has 2 N–H and O–H groups in total. The highest BCUT2D eigenvalue weighted by Crippen LogP contribution is 2.30. The largest absolute Gasteiger partial charge is 0.507 e. The molecule has 0 aliphatic heterocycles. The van der Waals surface area contributed by atoms with Crippen molar-refractivity contribution in [1.29, 1.82) is 0 Å². The van der Waals surface area contributed by atoms with Crippen LogP contribution in [0.3, 0.4) is 0 Å². The second kappa shape index (κ2) is 3.70. The van der Waals surface area contributed by atoms with E-state index in [2.05, 4.69) is 0 Å². The lowest BCUT2D eigenvalue weighted by molar-refractivity contribution is 0.0689. The fourth-order valence-electron chi connectivity index (χ4n) is 1.05. The third-order valence-electron chi connectivity index (χ3n) is 1.78. The molecule has 0 amide bonds.